The van der Waals surface area contributed by atoms with Gasteiger partial charge >= 0.3 is 0 Å². The number of carbonyl (C=O) groups is 1. The smallest absolute Gasteiger partial charge is 0.161 e. The van der Waals surface area contributed by atoms with E-state index in [0.717, 1.165) is 33.0 Å². The highest BCUT2D eigenvalue weighted by atomic mass is 16.1. The topological polar surface area (TPSA) is 56.0 Å². The summed E-state index contributed by atoms with van der Waals surface area (Å²) in [4.78, 5) is 16.4. The minimum absolute atomic E-state index is 0.0556. The third-order valence-electron chi connectivity index (χ3n) is 4.11. The number of Topliss-reactive ketones (excluding diaryl/α,β-unsaturated/α-hetero) is 1. The van der Waals surface area contributed by atoms with Crippen molar-refractivity contribution in [1.29, 1.82) is 0 Å². The van der Waals surface area contributed by atoms with Crippen LogP contribution in [0.2, 0.25) is 0 Å². The number of carbonyl (C=O) groups excluding carboxylic acids is 1. The Hall–Kier alpha value is -2.52. The molecule has 0 aliphatic carbocycles. The number of aromatic nitrogens is 1. The van der Waals surface area contributed by atoms with Crippen molar-refractivity contribution >= 4 is 16.6 Å². The first-order valence-electron chi connectivity index (χ1n) is 7.65. The van der Waals surface area contributed by atoms with Crippen molar-refractivity contribution in [3.05, 3.63) is 66.0 Å². The van der Waals surface area contributed by atoms with Crippen LogP contribution >= 0.6 is 0 Å². The van der Waals surface area contributed by atoms with Crippen molar-refractivity contribution < 1.29 is 4.79 Å². The number of ketones is 1. The highest BCUT2D eigenvalue weighted by Gasteiger charge is 2.16. The SMILES string of the molecule is CC(=O)c1c(-c2ccc(C(C)(C)N)cc2)ccc2cnccc12. The molecular formula is C20H20N2O. The summed E-state index contributed by atoms with van der Waals surface area (Å²) in [6.45, 7) is 5.56. The number of hydrogen-bond acceptors (Lipinski definition) is 3. The summed E-state index contributed by atoms with van der Waals surface area (Å²) in [5.74, 6) is 0.0556. The molecule has 3 aromatic rings. The molecule has 3 rings (SSSR count). The summed E-state index contributed by atoms with van der Waals surface area (Å²) < 4.78 is 0. The zero-order chi connectivity index (χ0) is 16.6. The van der Waals surface area contributed by atoms with Crippen LogP contribution in [0.4, 0.5) is 0 Å². The van der Waals surface area contributed by atoms with E-state index in [1.807, 2.05) is 56.3 Å². The van der Waals surface area contributed by atoms with E-state index in [2.05, 4.69) is 4.98 Å². The molecule has 3 heteroatoms. The molecule has 0 unspecified atom stereocenters. The molecule has 2 aromatic carbocycles. The van der Waals surface area contributed by atoms with E-state index in [1.165, 1.54) is 0 Å². The predicted octanol–water partition coefficient (Wildman–Crippen LogP) is 4.30. The third-order valence-corrected chi connectivity index (χ3v) is 4.11. The number of nitrogens with two attached hydrogens (primary N) is 1. The molecule has 23 heavy (non-hydrogen) atoms. The summed E-state index contributed by atoms with van der Waals surface area (Å²) in [7, 11) is 0. The molecule has 0 aliphatic heterocycles. The molecule has 116 valence electrons. The van der Waals surface area contributed by atoms with Crippen molar-refractivity contribution in [3.8, 4) is 11.1 Å². The van der Waals surface area contributed by atoms with E-state index < -0.39 is 0 Å². The van der Waals surface area contributed by atoms with Crippen molar-refractivity contribution in [3.63, 3.8) is 0 Å². The largest absolute Gasteiger partial charge is 0.322 e. The van der Waals surface area contributed by atoms with Crippen molar-refractivity contribution in [1.82, 2.24) is 4.98 Å². The zero-order valence-corrected chi connectivity index (χ0v) is 13.6. The second-order valence-corrected chi connectivity index (χ2v) is 6.44. The molecule has 0 aliphatic rings. The Morgan fingerprint density at radius 3 is 2.35 bits per heavy atom. The molecule has 0 fully saturated rings. The lowest BCUT2D eigenvalue weighted by molar-refractivity contribution is 0.102. The van der Waals surface area contributed by atoms with Gasteiger partial charge in [-0.3, -0.25) is 9.78 Å². The molecule has 0 atom stereocenters. The van der Waals surface area contributed by atoms with E-state index in [1.54, 1.807) is 19.3 Å². The first-order valence-corrected chi connectivity index (χ1v) is 7.65. The summed E-state index contributed by atoms with van der Waals surface area (Å²) in [6.07, 6.45) is 3.50. The van der Waals surface area contributed by atoms with Gasteiger partial charge in [-0.05, 0) is 48.9 Å². The van der Waals surface area contributed by atoms with Gasteiger partial charge in [-0.2, -0.15) is 0 Å². The highest BCUT2D eigenvalue weighted by molar-refractivity contribution is 6.12. The third kappa shape index (κ3) is 2.88. The van der Waals surface area contributed by atoms with Crippen LogP contribution in [0, 0.1) is 0 Å². The fraction of sp³-hybridized carbons (Fsp3) is 0.200. The molecular weight excluding hydrogens is 284 g/mol. The van der Waals surface area contributed by atoms with Crippen LogP contribution < -0.4 is 5.73 Å². The normalized spacial score (nSPS) is 11.7. The quantitative estimate of drug-likeness (QED) is 0.734. The Morgan fingerprint density at radius 1 is 1.04 bits per heavy atom. The Morgan fingerprint density at radius 2 is 1.74 bits per heavy atom. The van der Waals surface area contributed by atoms with Gasteiger partial charge < -0.3 is 5.73 Å². The average molecular weight is 304 g/mol. The maximum atomic E-state index is 12.2. The molecule has 3 nitrogen and oxygen atoms in total. The lowest BCUT2D eigenvalue weighted by Crippen LogP contribution is -2.28. The monoisotopic (exact) mass is 304 g/mol. The second kappa shape index (κ2) is 5.60. The Kier molecular flexibility index (Phi) is 3.74. The summed E-state index contributed by atoms with van der Waals surface area (Å²) in [6, 6.07) is 14.0. The lowest BCUT2D eigenvalue weighted by atomic mass is 9.90. The summed E-state index contributed by atoms with van der Waals surface area (Å²) in [5, 5.41) is 1.91. The van der Waals surface area contributed by atoms with Crippen LogP contribution in [-0.2, 0) is 5.54 Å². The predicted molar refractivity (Wildman–Crippen MR) is 94.4 cm³/mol. The lowest BCUT2D eigenvalue weighted by Gasteiger charge is -2.19. The number of fused-ring (bicyclic) bond motifs is 1. The minimum Gasteiger partial charge on any atom is -0.322 e. The molecule has 1 aromatic heterocycles. The van der Waals surface area contributed by atoms with Crippen molar-refractivity contribution in [2.75, 3.05) is 0 Å². The fourth-order valence-corrected chi connectivity index (χ4v) is 2.87. The maximum absolute atomic E-state index is 12.2. The van der Waals surface area contributed by atoms with Gasteiger partial charge in [-0.25, -0.2) is 0 Å². The molecule has 0 radical (unpaired) electrons. The Balaban J connectivity index is 2.20. The van der Waals surface area contributed by atoms with E-state index >= 15 is 0 Å². The first-order chi connectivity index (χ1) is 10.9. The maximum Gasteiger partial charge on any atom is 0.161 e. The molecule has 1 heterocycles. The molecule has 0 saturated heterocycles. The Bertz CT molecular complexity index is 874. The van der Waals surface area contributed by atoms with Gasteiger partial charge in [0.1, 0.15) is 0 Å². The van der Waals surface area contributed by atoms with Gasteiger partial charge in [0, 0.05) is 28.9 Å². The average Bonchev–Trinajstić information content (AvgIpc) is 2.53. The number of benzene rings is 2. The Labute approximate surface area is 136 Å². The van der Waals surface area contributed by atoms with Crippen LogP contribution in [0.15, 0.2) is 54.9 Å². The van der Waals surface area contributed by atoms with Crippen molar-refractivity contribution in [2.24, 2.45) is 5.73 Å². The van der Waals surface area contributed by atoms with Gasteiger partial charge in [-0.15, -0.1) is 0 Å². The minimum atomic E-state index is -0.378. The van der Waals surface area contributed by atoms with E-state index in [0.29, 0.717) is 0 Å². The van der Waals surface area contributed by atoms with Crippen LogP contribution in [0.25, 0.3) is 21.9 Å². The zero-order valence-electron chi connectivity index (χ0n) is 13.6. The standard InChI is InChI=1S/C20H20N2O/c1-13(23)19-17(9-6-15-12-22-11-10-18(15)19)14-4-7-16(8-5-14)20(2,3)21/h4-12H,21H2,1-3H3. The number of pyridine rings is 1. The van der Waals surface area contributed by atoms with Gasteiger partial charge in [0.15, 0.2) is 5.78 Å². The van der Waals surface area contributed by atoms with Crippen molar-refractivity contribution in [2.45, 2.75) is 26.3 Å². The molecule has 0 saturated carbocycles. The van der Waals surface area contributed by atoms with Crippen LogP contribution in [0.1, 0.15) is 36.7 Å². The number of rotatable bonds is 3. The van der Waals surface area contributed by atoms with Gasteiger partial charge in [0.25, 0.3) is 0 Å². The van der Waals surface area contributed by atoms with Gasteiger partial charge in [0.05, 0.1) is 0 Å². The molecule has 0 bridgehead atoms. The van der Waals surface area contributed by atoms with Crippen LogP contribution in [0.5, 0.6) is 0 Å². The summed E-state index contributed by atoms with van der Waals surface area (Å²) in [5.41, 5.74) is 9.52. The van der Waals surface area contributed by atoms with Crippen LogP contribution in [-0.4, -0.2) is 10.8 Å². The number of hydrogen-bond donors (Lipinski definition) is 1. The van der Waals surface area contributed by atoms with Crippen LogP contribution in [0.3, 0.4) is 0 Å². The molecule has 2 N–H and O–H groups in total. The van der Waals surface area contributed by atoms with E-state index in [4.69, 9.17) is 5.73 Å². The summed E-state index contributed by atoms with van der Waals surface area (Å²) >= 11 is 0. The highest BCUT2D eigenvalue weighted by Crippen LogP contribution is 2.31. The van der Waals surface area contributed by atoms with E-state index in [9.17, 15) is 4.79 Å². The van der Waals surface area contributed by atoms with Gasteiger partial charge in [-0.1, -0.05) is 36.4 Å². The molecule has 0 spiro atoms. The molecule has 0 amide bonds. The number of nitrogens with zero attached hydrogens (tertiary/aromatic N) is 1. The second-order valence-electron chi connectivity index (χ2n) is 6.44. The fourth-order valence-electron chi connectivity index (χ4n) is 2.87. The first kappa shape index (κ1) is 15.4. The van der Waals surface area contributed by atoms with Gasteiger partial charge in [0.2, 0.25) is 0 Å². The van der Waals surface area contributed by atoms with E-state index in [-0.39, 0.29) is 11.3 Å².